The van der Waals surface area contributed by atoms with Crippen LogP contribution in [0.2, 0.25) is 0 Å². The van der Waals surface area contributed by atoms with Gasteiger partial charge in [-0.1, -0.05) is 30.3 Å². The topological polar surface area (TPSA) is 61.4 Å². The van der Waals surface area contributed by atoms with Crippen molar-refractivity contribution in [2.24, 2.45) is 0 Å². The summed E-state index contributed by atoms with van der Waals surface area (Å²) >= 11 is 1.72. The highest BCUT2D eigenvalue weighted by molar-refractivity contribution is 7.98. The summed E-state index contributed by atoms with van der Waals surface area (Å²) in [6.45, 7) is 0.700. The van der Waals surface area contributed by atoms with Gasteiger partial charge >= 0.3 is 0 Å². The van der Waals surface area contributed by atoms with E-state index in [9.17, 15) is 4.79 Å². The molecule has 0 heterocycles. The van der Waals surface area contributed by atoms with Gasteiger partial charge in [0.1, 0.15) is 0 Å². The SMILES string of the molecule is CSc1ccc(CNc2ccccc2/C=C/C(=O)NO)cc1. The minimum atomic E-state index is -0.553. The molecule has 114 valence electrons. The maximum atomic E-state index is 11.1. The molecule has 0 atom stereocenters. The molecule has 1 amide bonds. The maximum Gasteiger partial charge on any atom is 0.267 e. The number of hydrogen-bond donors (Lipinski definition) is 3. The number of anilines is 1. The van der Waals surface area contributed by atoms with Crippen LogP contribution in [-0.2, 0) is 11.3 Å². The van der Waals surface area contributed by atoms with Crippen molar-refractivity contribution in [2.45, 2.75) is 11.4 Å². The fourth-order valence-corrected chi connectivity index (χ4v) is 2.35. The molecule has 0 aliphatic rings. The Hall–Kier alpha value is -2.24. The number of nitrogens with one attached hydrogen (secondary N) is 2. The fraction of sp³-hybridized carbons (Fsp3) is 0.118. The largest absolute Gasteiger partial charge is 0.380 e. The normalized spacial score (nSPS) is 10.6. The van der Waals surface area contributed by atoms with Gasteiger partial charge < -0.3 is 5.32 Å². The standard InChI is InChI=1S/C17H18N2O2S/c1-22-15-9-6-13(7-10-15)12-18-16-5-3-2-4-14(16)8-11-17(20)19-21/h2-11,18,21H,12H2,1H3,(H,19,20)/b11-8+. The Kier molecular flexibility index (Phi) is 6.06. The number of carbonyl (C=O) groups excluding carboxylic acids is 1. The van der Waals surface area contributed by atoms with Crippen molar-refractivity contribution in [1.29, 1.82) is 0 Å². The first-order chi connectivity index (χ1) is 10.7. The number of hydroxylamine groups is 1. The van der Waals surface area contributed by atoms with Crippen molar-refractivity contribution >= 4 is 29.4 Å². The molecule has 5 heteroatoms. The van der Waals surface area contributed by atoms with Gasteiger partial charge in [-0.05, 0) is 41.7 Å². The van der Waals surface area contributed by atoms with E-state index in [-0.39, 0.29) is 0 Å². The first kappa shape index (κ1) is 16.1. The van der Waals surface area contributed by atoms with Crippen molar-refractivity contribution in [3.05, 3.63) is 65.7 Å². The highest BCUT2D eigenvalue weighted by Crippen LogP contribution is 2.19. The highest BCUT2D eigenvalue weighted by Gasteiger charge is 2.00. The van der Waals surface area contributed by atoms with Gasteiger partial charge in [0.05, 0.1) is 0 Å². The van der Waals surface area contributed by atoms with Gasteiger partial charge in [0.2, 0.25) is 0 Å². The van der Waals surface area contributed by atoms with Crippen molar-refractivity contribution in [3.63, 3.8) is 0 Å². The van der Waals surface area contributed by atoms with Crippen LogP contribution in [0.4, 0.5) is 5.69 Å². The van der Waals surface area contributed by atoms with Crippen LogP contribution < -0.4 is 10.8 Å². The maximum absolute atomic E-state index is 11.1. The summed E-state index contributed by atoms with van der Waals surface area (Å²) < 4.78 is 0. The summed E-state index contributed by atoms with van der Waals surface area (Å²) in [5.74, 6) is -0.553. The lowest BCUT2D eigenvalue weighted by Crippen LogP contribution is -2.14. The lowest BCUT2D eigenvalue weighted by Gasteiger charge is -2.10. The van der Waals surface area contributed by atoms with Crippen LogP contribution in [0, 0.1) is 0 Å². The molecule has 0 saturated heterocycles. The number of hydrogen-bond acceptors (Lipinski definition) is 4. The van der Waals surface area contributed by atoms with E-state index in [0.29, 0.717) is 6.54 Å². The Labute approximate surface area is 134 Å². The molecule has 0 saturated carbocycles. The van der Waals surface area contributed by atoms with E-state index in [1.807, 2.05) is 24.3 Å². The third-order valence-corrected chi connectivity index (χ3v) is 3.87. The molecule has 0 spiro atoms. The van der Waals surface area contributed by atoms with Gasteiger partial charge in [-0.25, -0.2) is 5.48 Å². The van der Waals surface area contributed by atoms with Crippen molar-refractivity contribution < 1.29 is 10.0 Å². The number of rotatable bonds is 6. The van der Waals surface area contributed by atoms with Gasteiger partial charge in [-0.2, -0.15) is 0 Å². The van der Waals surface area contributed by atoms with E-state index < -0.39 is 5.91 Å². The molecule has 2 rings (SSSR count). The average molecular weight is 314 g/mol. The van der Waals surface area contributed by atoms with Crippen LogP contribution >= 0.6 is 11.8 Å². The second kappa shape index (κ2) is 8.26. The monoisotopic (exact) mass is 314 g/mol. The number of para-hydroxylation sites is 1. The molecule has 2 aromatic rings. The smallest absolute Gasteiger partial charge is 0.267 e. The zero-order valence-corrected chi connectivity index (χ0v) is 13.1. The van der Waals surface area contributed by atoms with Crippen molar-refractivity contribution in [3.8, 4) is 0 Å². The summed E-state index contributed by atoms with van der Waals surface area (Å²) in [7, 11) is 0. The molecule has 0 radical (unpaired) electrons. The third-order valence-electron chi connectivity index (χ3n) is 3.13. The Bertz CT molecular complexity index is 654. The van der Waals surface area contributed by atoms with E-state index in [4.69, 9.17) is 5.21 Å². The molecule has 2 aromatic carbocycles. The number of amides is 1. The van der Waals surface area contributed by atoms with Crippen LogP contribution in [0.3, 0.4) is 0 Å². The molecule has 0 bridgehead atoms. The summed E-state index contributed by atoms with van der Waals surface area (Å²) in [4.78, 5) is 12.3. The second-order valence-corrected chi connectivity index (χ2v) is 5.48. The summed E-state index contributed by atoms with van der Waals surface area (Å²) in [6.07, 6.45) is 5.00. The zero-order valence-electron chi connectivity index (χ0n) is 12.2. The Morgan fingerprint density at radius 2 is 1.91 bits per heavy atom. The predicted octanol–water partition coefficient (Wildman–Crippen LogP) is 3.54. The molecule has 0 unspecified atom stereocenters. The van der Waals surface area contributed by atoms with E-state index in [1.165, 1.54) is 16.5 Å². The van der Waals surface area contributed by atoms with E-state index in [1.54, 1.807) is 23.3 Å². The summed E-state index contributed by atoms with van der Waals surface area (Å²) in [5.41, 5.74) is 4.57. The number of benzene rings is 2. The Morgan fingerprint density at radius 3 is 2.59 bits per heavy atom. The van der Waals surface area contributed by atoms with Crippen LogP contribution in [-0.4, -0.2) is 17.4 Å². The molecular weight excluding hydrogens is 296 g/mol. The van der Waals surface area contributed by atoms with Gasteiger partial charge in [-0.15, -0.1) is 11.8 Å². The molecule has 0 aliphatic heterocycles. The molecule has 0 aromatic heterocycles. The molecule has 4 nitrogen and oxygen atoms in total. The summed E-state index contributed by atoms with van der Waals surface area (Å²) in [6, 6.07) is 16.1. The average Bonchev–Trinajstić information content (AvgIpc) is 2.59. The molecule has 0 aliphatic carbocycles. The lowest BCUT2D eigenvalue weighted by atomic mass is 10.1. The van der Waals surface area contributed by atoms with Crippen LogP contribution in [0.15, 0.2) is 59.5 Å². The third kappa shape index (κ3) is 4.65. The lowest BCUT2D eigenvalue weighted by molar-refractivity contribution is -0.124. The molecule has 3 N–H and O–H groups in total. The summed E-state index contributed by atoms with van der Waals surface area (Å²) in [5, 5.41) is 11.9. The Balaban J connectivity index is 2.05. The first-order valence-corrected chi connectivity index (χ1v) is 8.03. The second-order valence-electron chi connectivity index (χ2n) is 4.60. The minimum Gasteiger partial charge on any atom is -0.380 e. The van der Waals surface area contributed by atoms with Gasteiger partial charge in [0.15, 0.2) is 0 Å². The van der Waals surface area contributed by atoms with Crippen LogP contribution in [0.1, 0.15) is 11.1 Å². The molecular formula is C17H18N2O2S. The van der Waals surface area contributed by atoms with E-state index in [2.05, 4.69) is 35.8 Å². The van der Waals surface area contributed by atoms with Gasteiger partial charge in [0.25, 0.3) is 5.91 Å². The van der Waals surface area contributed by atoms with Crippen molar-refractivity contribution in [1.82, 2.24) is 5.48 Å². The van der Waals surface area contributed by atoms with Gasteiger partial charge in [-0.3, -0.25) is 10.0 Å². The molecule has 0 fully saturated rings. The highest BCUT2D eigenvalue weighted by atomic mass is 32.2. The quantitative estimate of drug-likeness (QED) is 0.330. The van der Waals surface area contributed by atoms with Crippen molar-refractivity contribution in [2.75, 3.05) is 11.6 Å². The van der Waals surface area contributed by atoms with E-state index >= 15 is 0 Å². The van der Waals surface area contributed by atoms with Crippen LogP contribution in [0.5, 0.6) is 0 Å². The first-order valence-electron chi connectivity index (χ1n) is 6.81. The van der Waals surface area contributed by atoms with E-state index in [0.717, 1.165) is 11.3 Å². The minimum absolute atomic E-state index is 0.553. The molecule has 22 heavy (non-hydrogen) atoms. The van der Waals surface area contributed by atoms with Gasteiger partial charge in [0, 0.05) is 23.2 Å². The number of carbonyl (C=O) groups is 1. The zero-order chi connectivity index (χ0) is 15.8. The number of thioether (sulfide) groups is 1. The Morgan fingerprint density at radius 1 is 1.18 bits per heavy atom. The van der Waals surface area contributed by atoms with Crippen LogP contribution in [0.25, 0.3) is 6.08 Å². The fourth-order valence-electron chi connectivity index (χ4n) is 1.95. The predicted molar refractivity (Wildman–Crippen MR) is 91.0 cm³/mol.